The number of alkyl halides is 2. The predicted octanol–water partition coefficient (Wildman–Crippen LogP) is 6.32. The zero-order valence-electron chi connectivity index (χ0n) is 17.0. The fourth-order valence-corrected chi connectivity index (χ4v) is 3.07. The summed E-state index contributed by atoms with van der Waals surface area (Å²) >= 11 is 0. The minimum Gasteiger partial charge on any atom is -0.459 e. The number of ether oxygens (including phenoxy) is 1. The summed E-state index contributed by atoms with van der Waals surface area (Å²) in [6, 6.07) is 9.98. The average molecular weight is 430 g/mol. The van der Waals surface area contributed by atoms with Gasteiger partial charge >= 0.3 is 0 Å². The number of aromatic nitrogens is 2. The van der Waals surface area contributed by atoms with E-state index >= 15 is 0 Å². The Kier molecular flexibility index (Phi) is 7.76. The van der Waals surface area contributed by atoms with E-state index in [9.17, 15) is 17.6 Å². The van der Waals surface area contributed by atoms with Crippen molar-refractivity contribution < 1.29 is 22.3 Å². The van der Waals surface area contributed by atoms with E-state index < -0.39 is 23.8 Å². The van der Waals surface area contributed by atoms with Gasteiger partial charge in [0.2, 0.25) is 0 Å². The van der Waals surface area contributed by atoms with Crippen LogP contribution in [0.15, 0.2) is 61.1 Å². The summed E-state index contributed by atoms with van der Waals surface area (Å²) in [4.78, 5) is 8.79. The fraction of sp³-hybridized carbons (Fsp3) is 0.250. The summed E-state index contributed by atoms with van der Waals surface area (Å²) in [5, 5.41) is 0. The second-order valence-corrected chi connectivity index (χ2v) is 7.03. The van der Waals surface area contributed by atoms with Gasteiger partial charge in [0, 0.05) is 24.0 Å². The van der Waals surface area contributed by atoms with Crippen molar-refractivity contribution >= 4 is 0 Å². The maximum atomic E-state index is 14.1. The fourth-order valence-electron chi connectivity index (χ4n) is 3.07. The van der Waals surface area contributed by atoms with Crippen molar-refractivity contribution in [3.8, 4) is 17.1 Å². The standard InChI is InChI=1S/C24H22F4N2O/c1-2-3-18-14-29-24(30-15-18)19-8-6-16(7-9-19)4-5-17-12-20(25)23(21(26)13-17)31-11-10-22(27)28/h6-15,22H,2-5H2,1H3/b11-10+. The highest BCUT2D eigenvalue weighted by atomic mass is 19.3. The quantitative estimate of drug-likeness (QED) is 0.294. The van der Waals surface area contributed by atoms with Crippen LogP contribution in [0.5, 0.6) is 5.75 Å². The van der Waals surface area contributed by atoms with Crippen molar-refractivity contribution in [3.63, 3.8) is 0 Å². The first-order valence-electron chi connectivity index (χ1n) is 9.96. The maximum absolute atomic E-state index is 14.1. The molecule has 1 aromatic heterocycles. The second kappa shape index (κ2) is 10.7. The van der Waals surface area contributed by atoms with Gasteiger partial charge in [0.15, 0.2) is 23.2 Å². The Labute approximate surface area is 178 Å². The topological polar surface area (TPSA) is 35.0 Å². The number of nitrogens with zero attached hydrogens (tertiary/aromatic N) is 2. The van der Waals surface area contributed by atoms with Crippen LogP contribution in [-0.4, -0.2) is 16.4 Å². The molecule has 0 aliphatic carbocycles. The van der Waals surface area contributed by atoms with Crippen LogP contribution in [0.4, 0.5) is 17.6 Å². The second-order valence-electron chi connectivity index (χ2n) is 7.03. The van der Waals surface area contributed by atoms with Crippen LogP contribution >= 0.6 is 0 Å². The molecule has 162 valence electrons. The van der Waals surface area contributed by atoms with Crippen LogP contribution in [0.3, 0.4) is 0 Å². The monoisotopic (exact) mass is 430 g/mol. The van der Waals surface area contributed by atoms with E-state index in [1.54, 1.807) is 0 Å². The highest BCUT2D eigenvalue weighted by Crippen LogP contribution is 2.25. The third-order valence-electron chi connectivity index (χ3n) is 4.63. The smallest absolute Gasteiger partial charge is 0.260 e. The molecule has 0 radical (unpaired) electrons. The van der Waals surface area contributed by atoms with E-state index in [1.807, 2.05) is 36.7 Å². The summed E-state index contributed by atoms with van der Waals surface area (Å²) in [5.74, 6) is -1.93. The first-order chi connectivity index (χ1) is 15.0. The summed E-state index contributed by atoms with van der Waals surface area (Å²) < 4.78 is 56.9. The van der Waals surface area contributed by atoms with Crippen LogP contribution in [-0.2, 0) is 19.3 Å². The molecular formula is C24H22F4N2O. The van der Waals surface area contributed by atoms with E-state index in [0.29, 0.717) is 36.6 Å². The van der Waals surface area contributed by atoms with Crippen molar-refractivity contribution in [2.45, 2.75) is 39.0 Å². The van der Waals surface area contributed by atoms with Crippen LogP contribution in [0.1, 0.15) is 30.0 Å². The summed E-state index contributed by atoms with van der Waals surface area (Å²) in [6.07, 6.45) is 4.85. The van der Waals surface area contributed by atoms with Gasteiger partial charge < -0.3 is 4.74 Å². The van der Waals surface area contributed by atoms with Crippen molar-refractivity contribution in [1.29, 1.82) is 0 Å². The van der Waals surface area contributed by atoms with Gasteiger partial charge in [0.05, 0.1) is 6.26 Å². The Morgan fingerprint density at radius 1 is 0.871 bits per heavy atom. The molecule has 2 aromatic carbocycles. The average Bonchev–Trinajstić information content (AvgIpc) is 2.75. The Bertz CT molecular complexity index is 996. The number of hydrogen-bond donors (Lipinski definition) is 0. The molecule has 3 rings (SSSR count). The molecule has 0 atom stereocenters. The van der Waals surface area contributed by atoms with E-state index in [2.05, 4.69) is 21.6 Å². The molecule has 0 spiro atoms. The van der Waals surface area contributed by atoms with E-state index in [1.165, 1.54) is 0 Å². The van der Waals surface area contributed by atoms with Gasteiger partial charge in [0.1, 0.15) is 0 Å². The van der Waals surface area contributed by atoms with Crippen molar-refractivity contribution in [2.24, 2.45) is 0 Å². The molecule has 3 aromatic rings. The predicted molar refractivity (Wildman–Crippen MR) is 111 cm³/mol. The van der Waals surface area contributed by atoms with Gasteiger partial charge in [-0.3, -0.25) is 0 Å². The number of halogens is 4. The zero-order valence-corrected chi connectivity index (χ0v) is 17.0. The zero-order chi connectivity index (χ0) is 22.2. The highest BCUT2D eigenvalue weighted by Gasteiger charge is 2.12. The van der Waals surface area contributed by atoms with Gasteiger partial charge in [-0.1, -0.05) is 37.6 Å². The molecule has 0 saturated carbocycles. The van der Waals surface area contributed by atoms with Crippen LogP contribution < -0.4 is 4.74 Å². The SMILES string of the molecule is CCCc1cnc(-c2ccc(CCc3cc(F)c(O/C=C/C(F)F)c(F)c3)cc2)nc1. The van der Waals surface area contributed by atoms with Crippen molar-refractivity contribution in [1.82, 2.24) is 9.97 Å². The summed E-state index contributed by atoms with van der Waals surface area (Å²) in [6.45, 7) is 2.10. The number of allylic oxidation sites excluding steroid dienone is 1. The van der Waals surface area contributed by atoms with Gasteiger partial charge in [-0.25, -0.2) is 27.5 Å². The Hall–Kier alpha value is -3.22. The Morgan fingerprint density at radius 2 is 1.48 bits per heavy atom. The van der Waals surface area contributed by atoms with Crippen LogP contribution in [0, 0.1) is 11.6 Å². The summed E-state index contributed by atoms with van der Waals surface area (Å²) in [7, 11) is 0. The number of hydrogen-bond acceptors (Lipinski definition) is 3. The van der Waals surface area contributed by atoms with Gasteiger partial charge in [0.25, 0.3) is 6.43 Å². The van der Waals surface area contributed by atoms with E-state index in [-0.39, 0.29) is 0 Å². The van der Waals surface area contributed by atoms with Gasteiger partial charge in [-0.2, -0.15) is 0 Å². The van der Waals surface area contributed by atoms with Crippen molar-refractivity contribution in [2.75, 3.05) is 0 Å². The number of benzene rings is 2. The lowest BCUT2D eigenvalue weighted by Crippen LogP contribution is -1.98. The molecule has 0 amide bonds. The lowest BCUT2D eigenvalue weighted by Gasteiger charge is -2.08. The molecule has 0 saturated heterocycles. The van der Waals surface area contributed by atoms with Crippen molar-refractivity contribution in [3.05, 3.63) is 89.5 Å². The lowest BCUT2D eigenvalue weighted by atomic mass is 10.0. The number of rotatable bonds is 9. The highest BCUT2D eigenvalue weighted by molar-refractivity contribution is 5.55. The minimum atomic E-state index is -2.76. The van der Waals surface area contributed by atoms with Gasteiger partial charge in [-0.15, -0.1) is 0 Å². The largest absolute Gasteiger partial charge is 0.459 e. The van der Waals surface area contributed by atoms with E-state index in [4.69, 9.17) is 0 Å². The van der Waals surface area contributed by atoms with E-state index in [0.717, 1.165) is 41.7 Å². The number of aryl methyl sites for hydroxylation is 3. The molecule has 3 nitrogen and oxygen atoms in total. The normalized spacial score (nSPS) is 11.4. The molecule has 0 fully saturated rings. The molecule has 0 unspecified atom stereocenters. The summed E-state index contributed by atoms with van der Waals surface area (Å²) in [5.41, 5.74) is 3.43. The molecule has 0 aliphatic rings. The molecular weight excluding hydrogens is 408 g/mol. The van der Waals surface area contributed by atoms with Crippen LogP contribution in [0.25, 0.3) is 11.4 Å². The Morgan fingerprint density at radius 3 is 2.06 bits per heavy atom. The Balaban J connectivity index is 1.62. The molecule has 31 heavy (non-hydrogen) atoms. The first-order valence-corrected chi connectivity index (χ1v) is 9.96. The van der Waals surface area contributed by atoms with Crippen LogP contribution in [0.2, 0.25) is 0 Å². The van der Waals surface area contributed by atoms with Gasteiger partial charge in [-0.05, 0) is 48.1 Å². The molecule has 0 aliphatic heterocycles. The lowest BCUT2D eigenvalue weighted by molar-refractivity contribution is 0.200. The maximum Gasteiger partial charge on any atom is 0.260 e. The molecule has 1 heterocycles. The molecule has 0 bridgehead atoms. The third-order valence-corrected chi connectivity index (χ3v) is 4.63. The molecule has 0 N–H and O–H groups in total. The molecule has 7 heteroatoms. The minimum absolute atomic E-state index is 0.404. The third kappa shape index (κ3) is 6.38. The first kappa shape index (κ1) is 22.5.